The largest absolute Gasteiger partial charge is 0.443 e. The number of amides is 2. The van der Waals surface area contributed by atoms with Crippen LogP contribution in [0.5, 0.6) is 0 Å². The number of aromatic nitrogens is 1. The second-order valence-corrected chi connectivity index (χ2v) is 7.97. The highest BCUT2D eigenvalue weighted by molar-refractivity contribution is 6.00. The monoisotopic (exact) mass is 377 g/mol. The molecule has 0 unspecified atom stereocenters. The SMILES string of the molecule is CC(C)(C)OC(=O)N1CCn2c(cc3ccc(C(N)=O)cc32)-c2ccccc21. The molecule has 0 saturated heterocycles. The molecule has 144 valence electrons. The van der Waals surface area contributed by atoms with Crippen molar-refractivity contribution >= 4 is 28.6 Å². The van der Waals surface area contributed by atoms with Gasteiger partial charge < -0.3 is 15.0 Å². The van der Waals surface area contributed by atoms with Gasteiger partial charge in [-0.15, -0.1) is 0 Å². The van der Waals surface area contributed by atoms with E-state index in [4.69, 9.17) is 10.5 Å². The maximum Gasteiger partial charge on any atom is 0.414 e. The maximum atomic E-state index is 12.8. The Bertz CT molecular complexity index is 1090. The van der Waals surface area contributed by atoms with Crippen molar-refractivity contribution in [2.45, 2.75) is 32.9 Å². The quantitative estimate of drug-likeness (QED) is 0.692. The highest BCUT2D eigenvalue weighted by Gasteiger charge is 2.28. The van der Waals surface area contributed by atoms with Crippen molar-refractivity contribution in [1.82, 2.24) is 4.57 Å². The number of hydrogen-bond acceptors (Lipinski definition) is 3. The van der Waals surface area contributed by atoms with E-state index in [1.54, 1.807) is 11.0 Å². The smallest absolute Gasteiger partial charge is 0.414 e. The number of anilines is 1. The highest BCUT2D eigenvalue weighted by atomic mass is 16.6. The third-order valence-electron chi connectivity index (χ3n) is 4.82. The summed E-state index contributed by atoms with van der Waals surface area (Å²) in [5.41, 5.74) is 9.04. The molecule has 0 atom stereocenters. The summed E-state index contributed by atoms with van der Waals surface area (Å²) in [7, 11) is 0. The van der Waals surface area contributed by atoms with Crippen LogP contribution in [0.15, 0.2) is 48.5 Å². The number of carbonyl (C=O) groups is 2. The number of ether oxygens (including phenoxy) is 1. The van der Waals surface area contributed by atoms with Gasteiger partial charge in [0.15, 0.2) is 0 Å². The number of fused-ring (bicyclic) bond motifs is 5. The Balaban J connectivity index is 1.85. The molecule has 1 aromatic heterocycles. The highest BCUT2D eigenvalue weighted by Crippen LogP contribution is 2.38. The standard InChI is InChI=1S/C22H23N3O3/c1-22(2,3)28-21(27)25-11-10-24-18-13-15(20(23)26)9-8-14(18)12-19(24)16-6-4-5-7-17(16)25/h4-9,12-13H,10-11H2,1-3H3,(H2,23,26). The Hall–Kier alpha value is -3.28. The summed E-state index contributed by atoms with van der Waals surface area (Å²) >= 11 is 0. The summed E-state index contributed by atoms with van der Waals surface area (Å²) in [4.78, 5) is 26.1. The minimum atomic E-state index is -0.573. The van der Waals surface area contributed by atoms with Crippen LogP contribution in [-0.4, -0.2) is 28.7 Å². The Morgan fingerprint density at radius 3 is 2.50 bits per heavy atom. The van der Waals surface area contributed by atoms with Gasteiger partial charge in [-0.2, -0.15) is 0 Å². The zero-order valence-corrected chi connectivity index (χ0v) is 16.2. The first-order chi connectivity index (χ1) is 13.2. The van der Waals surface area contributed by atoms with E-state index in [0.717, 1.165) is 27.8 Å². The number of benzene rings is 2. The summed E-state index contributed by atoms with van der Waals surface area (Å²) in [5, 5.41) is 1.03. The summed E-state index contributed by atoms with van der Waals surface area (Å²) < 4.78 is 7.75. The van der Waals surface area contributed by atoms with Crippen LogP contribution in [0.1, 0.15) is 31.1 Å². The second-order valence-electron chi connectivity index (χ2n) is 7.97. The molecule has 3 aromatic rings. The van der Waals surface area contributed by atoms with Gasteiger partial charge in [0.2, 0.25) is 5.91 Å². The lowest BCUT2D eigenvalue weighted by molar-refractivity contribution is 0.0579. The van der Waals surface area contributed by atoms with Crippen molar-refractivity contribution in [2.75, 3.05) is 11.4 Å². The fraction of sp³-hybridized carbons (Fsp3) is 0.273. The van der Waals surface area contributed by atoms with Gasteiger partial charge in [-0.05, 0) is 45.0 Å². The number of rotatable bonds is 1. The fourth-order valence-corrected chi connectivity index (χ4v) is 3.62. The van der Waals surface area contributed by atoms with Crippen molar-refractivity contribution in [3.05, 3.63) is 54.1 Å². The molecule has 2 aromatic carbocycles. The molecule has 0 fully saturated rings. The third kappa shape index (κ3) is 3.11. The zero-order valence-electron chi connectivity index (χ0n) is 16.2. The van der Waals surface area contributed by atoms with E-state index >= 15 is 0 Å². The molecule has 6 nitrogen and oxygen atoms in total. The first kappa shape index (κ1) is 18.1. The Labute approximate surface area is 163 Å². The Morgan fingerprint density at radius 1 is 1.04 bits per heavy atom. The maximum absolute atomic E-state index is 12.8. The predicted octanol–water partition coefficient (Wildman–Crippen LogP) is 4.16. The fourth-order valence-electron chi connectivity index (χ4n) is 3.62. The first-order valence-electron chi connectivity index (χ1n) is 9.27. The van der Waals surface area contributed by atoms with Crippen molar-refractivity contribution in [3.8, 4) is 11.3 Å². The summed E-state index contributed by atoms with van der Waals surface area (Å²) in [6.45, 7) is 6.61. The van der Waals surface area contributed by atoms with Crippen LogP contribution in [0, 0.1) is 0 Å². The number of nitrogens with zero attached hydrogens (tertiary/aromatic N) is 2. The molecule has 0 saturated carbocycles. The second kappa shape index (κ2) is 6.41. The molecule has 4 rings (SSSR count). The van der Waals surface area contributed by atoms with Crippen LogP contribution in [-0.2, 0) is 11.3 Å². The molecule has 0 bridgehead atoms. The van der Waals surface area contributed by atoms with Crippen LogP contribution in [0.3, 0.4) is 0 Å². The molecule has 2 amide bonds. The van der Waals surface area contributed by atoms with E-state index < -0.39 is 11.5 Å². The van der Waals surface area contributed by atoms with Crippen LogP contribution in [0.2, 0.25) is 0 Å². The van der Waals surface area contributed by atoms with Crippen LogP contribution >= 0.6 is 0 Å². The summed E-state index contributed by atoms with van der Waals surface area (Å²) in [6.07, 6.45) is -0.368. The van der Waals surface area contributed by atoms with Gasteiger partial charge in [0.25, 0.3) is 0 Å². The number of primary amides is 1. The molecular weight excluding hydrogens is 354 g/mol. The minimum Gasteiger partial charge on any atom is -0.443 e. The number of hydrogen-bond donors (Lipinski definition) is 1. The molecule has 6 heteroatoms. The lowest BCUT2D eigenvalue weighted by Gasteiger charge is -2.27. The lowest BCUT2D eigenvalue weighted by atomic mass is 10.1. The molecule has 0 radical (unpaired) electrons. The van der Waals surface area contributed by atoms with Crippen molar-refractivity contribution in [1.29, 1.82) is 0 Å². The molecule has 0 spiro atoms. The van der Waals surface area contributed by atoms with Crippen LogP contribution < -0.4 is 10.6 Å². The van der Waals surface area contributed by atoms with E-state index in [0.29, 0.717) is 18.7 Å². The van der Waals surface area contributed by atoms with E-state index in [9.17, 15) is 9.59 Å². The number of nitrogens with two attached hydrogens (primary N) is 1. The number of para-hydroxylation sites is 1. The van der Waals surface area contributed by atoms with E-state index in [1.165, 1.54) is 0 Å². The van der Waals surface area contributed by atoms with Gasteiger partial charge in [-0.1, -0.05) is 24.3 Å². The molecular formula is C22H23N3O3. The molecule has 28 heavy (non-hydrogen) atoms. The summed E-state index contributed by atoms with van der Waals surface area (Å²) in [6, 6.07) is 15.3. The van der Waals surface area contributed by atoms with Gasteiger partial charge in [-0.3, -0.25) is 9.69 Å². The van der Waals surface area contributed by atoms with Gasteiger partial charge in [0.05, 0.1) is 11.4 Å². The molecule has 2 heterocycles. The average Bonchev–Trinajstić information content (AvgIpc) is 2.90. The van der Waals surface area contributed by atoms with Gasteiger partial charge >= 0.3 is 6.09 Å². The average molecular weight is 377 g/mol. The third-order valence-corrected chi connectivity index (χ3v) is 4.82. The van der Waals surface area contributed by atoms with Gasteiger partial charge in [0, 0.05) is 35.1 Å². The van der Waals surface area contributed by atoms with E-state index in [2.05, 4.69) is 10.6 Å². The van der Waals surface area contributed by atoms with Crippen molar-refractivity contribution in [2.24, 2.45) is 5.73 Å². The Morgan fingerprint density at radius 2 is 1.79 bits per heavy atom. The van der Waals surface area contributed by atoms with Gasteiger partial charge in [0.1, 0.15) is 5.60 Å². The van der Waals surface area contributed by atoms with Crippen molar-refractivity contribution < 1.29 is 14.3 Å². The topological polar surface area (TPSA) is 77.6 Å². The normalized spacial score (nSPS) is 13.6. The van der Waals surface area contributed by atoms with E-state index in [1.807, 2.05) is 57.2 Å². The number of carbonyl (C=O) groups excluding carboxylic acids is 2. The molecule has 1 aliphatic rings. The zero-order chi connectivity index (χ0) is 20.1. The summed E-state index contributed by atoms with van der Waals surface area (Å²) in [5.74, 6) is -0.457. The molecule has 0 aliphatic carbocycles. The van der Waals surface area contributed by atoms with E-state index in [-0.39, 0.29) is 6.09 Å². The predicted molar refractivity (Wildman–Crippen MR) is 109 cm³/mol. The van der Waals surface area contributed by atoms with Crippen LogP contribution in [0.4, 0.5) is 10.5 Å². The molecule has 1 aliphatic heterocycles. The van der Waals surface area contributed by atoms with Crippen LogP contribution in [0.25, 0.3) is 22.2 Å². The lowest BCUT2D eigenvalue weighted by Crippen LogP contribution is -2.38. The Kier molecular flexibility index (Phi) is 4.14. The minimum absolute atomic E-state index is 0.368. The molecule has 2 N–H and O–H groups in total. The van der Waals surface area contributed by atoms with Gasteiger partial charge in [-0.25, -0.2) is 4.79 Å². The van der Waals surface area contributed by atoms with Crippen molar-refractivity contribution in [3.63, 3.8) is 0 Å². The first-order valence-corrected chi connectivity index (χ1v) is 9.27.